The monoisotopic (exact) mass is 542 g/mol. The van der Waals surface area contributed by atoms with Gasteiger partial charge in [-0.3, -0.25) is 19.5 Å². The summed E-state index contributed by atoms with van der Waals surface area (Å²) in [5.74, 6) is -3.36. The van der Waals surface area contributed by atoms with Crippen LogP contribution in [0.1, 0.15) is 18.5 Å². The molecule has 2 aliphatic heterocycles. The van der Waals surface area contributed by atoms with Gasteiger partial charge in [-0.15, -0.1) is 0 Å². The fourth-order valence-electron chi connectivity index (χ4n) is 4.18. The average Bonchev–Trinajstić information content (AvgIpc) is 3.45. The maximum Gasteiger partial charge on any atom is 0.414 e. The van der Waals surface area contributed by atoms with Gasteiger partial charge in [-0.2, -0.15) is 15.4 Å². The number of aromatic nitrogens is 3. The lowest BCUT2D eigenvalue weighted by molar-refractivity contribution is -0.133. The molecule has 0 unspecified atom stereocenters. The first-order valence-corrected chi connectivity index (χ1v) is 11.8. The number of cyclic esters (lactones) is 1. The van der Waals surface area contributed by atoms with E-state index in [1.54, 1.807) is 0 Å². The number of benzene rings is 1. The van der Waals surface area contributed by atoms with Gasteiger partial charge in [0.2, 0.25) is 0 Å². The number of halogens is 4. The van der Waals surface area contributed by atoms with Gasteiger partial charge >= 0.3 is 6.09 Å². The van der Waals surface area contributed by atoms with Crippen molar-refractivity contribution in [1.29, 1.82) is 0 Å². The Morgan fingerprint density at radius 2 is 1.95 bits per heavy atom. The number of alkyl halides is 2. The van der Waals surface area contributed by atoms with Crippen LogP contribution in [0.3, 0.4) is 0 Å². The maximum atomic E-state index is 15.1. The molecule has 1 aromatic heterocycles. The Hall–Kier alpha value is -3.79. The van der Waals surface area contributed by atoms with Crippen LogP contribution in [0.2, 0.25) is 0 Å². The zero-order chi connectivity index (χ0) is 27.2. The van der Waals surface area contributed by atoms with Crippen molar-refractivity contribution in [3.8, 4) is 0 Å². The third kappa shape index (κ3) is 6.55. The quantitative estimate of drug-likeness (QED) is 0.375. The van der Waals surface area contributed by atoms with Gasteiger partial charge in [0, 0.05) is 44.7 Å². The maximum absolute atomic E-state index is 15.1. The molecular formula is C22H26F4N8O4. The second kappa shape index (κ2) is 12.2. The number of H-pyrrole nitrogens is 1. The molecule has 2 aromatic rings. The Morgan fingerprint density at radius 3 is 2.63 bits per heavy atom. The van der Waals surface area contributed by atoms with Gasteiger partial charge in [-0.1, -0.05) is 0 Å². The van der Waals surface area contributed by atoms with Gasteiger partial charge in [-0.05, 0) is 6.42 Å². The van der Waals surface area contributed by atoms with E-state index in [4.69, 9.17) is 4.74 Å². The summed E-state index contributed by atoms with van der Waals surface area (Å²) < 4.78 is 60.0. The molecule has 2 amide bonds. The number of carbonyl (C=O) groups is 3. The SMILES string of the molecule is O=C(CC[C@H]1CN(c2cc(F)c(N3CCNN(C(=O)CNCc4cn[nH]n4)CC3)c(F)c2)C(=O)O1)C(F)F. The summed E-state index contributed by atoms with van der Waals surface area (Å²) in [5.41, 5.74) is 3.18. The minimum absolute atomic E-state index is 0.0144. The molecule has 3 heterocycles. The lowest BCUT2D eigenvalue weighted by Gasteiger charge is -2.25. The third-order valence-corrected chi connectivity index (χ3v) is 6.09. The van der Waals surface area contributed by atoms with Gasteiger partial charge < -0.3 is 15.0 Å². The fraction of sp³-hybridized carbons (Fsp3) is 0.500. The molecular weight excluding hydrogens is 516 g/mol. The topological polar surface area (TPSA) is 136 Å². The molecule has 0 aliphatic carbocycles. The molecule has 12 nitrogen and oxygen atoms in total. The minimum Gasteiger partial charge on any atom is -0.444 e. The van der Waals surface area contributed by atoms with Crippen LogP contribution in [-0.2, 0) is 20.9 Å². The van der Waals surface area contributed by atoms with Crippen LogP contribution in [0, 0.1) is 11.6 Å². The first kappa shape index (κ1) is 27.3. The summed E-state index contributed by atoms with van der Waals surface area (Å²) in [5, 5.41) is 14.3. The number of anilines is 2. The standard InChI is InChI=1S/C22H26F4N8O4/c23-16-7-14(33-12-15(38-22(33)37)1-2-18(35)21(25)26)8-17(24)20(16)32-4-3-29-34(6-5-32)19(36)11-27-9-13-10-28-31-30-13/h7-8,10,15,21,27,29H,1-6,9,11-12H2,(H,28,30,31)/t15-/m0/s1. The highest BCUT2D eigenvalue weighted by atomic mass is 19.3. The van der Waals surface area contributed by atoms with Gasteiger partial charge in [0.25, 0.3) is 12.3 Å². The highest BCUT2D eigenvalue weighted by molar-refractivity contribution is 5.90. The normalized spacial score (nSPS) is 18.2. The molecule has 16 heteroatoms. The van der Waals surface area contributed by atoms with Crippen molar-refractivity contribution in [3.05, 3.63) is 35.7 Å². The average molecular weight is 542 g/mol. The number of ketones is 1. The largest absolute Gasteiger partial charge is 0.444 e. The number of aromatic amines is 1. The van der Waals surface area contributed by atoms with E-state index >= 15 is 8.78 Å². The number of Topliss-reactive ketones (excluding diaryl/α,β-unsaturated/α-hetero) is 1. The van der Waals surface area contributed by atoms with Gasteiger partial charge in [-0.25, -0.2) is 27.8 Å². The Bertz CT molecular complexity index is 1130. The smallest absolute Gasteiger partial charge is 0.414 e. The van der Waals surface area contributed by atoms with Crippen LogP contribution in [0.5, 0.6) is 0 Å². The number of amides is 2. The molecule has 0 spiro atoms. The van der Waals surface area contributed by atoms with Gasteiger partial charge in [0.05, 0.1) is 37.2 Å². The van der Waals surface area contributed by atoms with E-state index in [1.807, 2.05) is 0 Å². The predicted octanol–water partition coefficient (Wildman–Crippen LogP) is 0.965. The second-order valence-electron chi connectivity index (χ2n) is 8.69. The predicted molar refractivity (Wildman–Crippen MR) is 124 cm³/mol. The first-order chi connectivity index (χ1) is 18.2. The third-order valence-electron chi connectivity index (χ3n) is 6.09. The van der Waals surface area contributed by atoms with Crippen LogP contribution in [-0.4, -0.2) is 90.0 Å². The van der Waals surface area contributed by atoms with Crippen LogP contribution in [0.4, 0.5) is 33.7 Å². The Morgan fingerprint density at radius 1 is 1.18 bits per heavy atom. The molecule has 1 atom stereocenters. The Labute approximate surface area is 214 Å². The van der Waals surface area contributed by atoms with Crippen molar-refractivity contribution >= 4 is 29.2 Å². The molecule has 3 N–H and O–H groups in total. The first-order valence-electron chi connectivity index (χ1n) is 11.8. The van der Waals surface area contributed by atoms with Gasteiger partial charge in [0.1, 0.15) is 11.8 Å². The molecule has 1 aromatic carbocycles. The van der Waals surface area contributed by atoms with E-state index in [-0.39, 0.29) is 63.0 Å². The number of nitrogens with one attached hydrogen (secondary N) is 3. The summed E-state index contributed by atoms with van der Waals surface area (Å²) in [7, 11) is 0. The lowest BCUT2D eigenvalue weighted by atomic mass is 10.1. The van der Waals surface area contributed by atoms with E-state index in [1.165, 1.54) is 16.1 Å². The highest BCUT2D eigenvalue weighted by Gasteiger charge is 2.34. The molecule has 2 aliphatic rings. The number of nitrogens with zero attached hydrogens (tertiary/aromatic N) is 5. The van der Waals surface area contributed by atoms with Crippen molar-refractivity contribution in [3.63, 3.8) is 0 Å². The lowest BCUT2D eigenvalue weighted by Crippen LogP contribution is -2.47. The van der Waals surface area contributed by atoms with Crippen molar-refractivity contribution in [2.24, 2.45) is 0 Å². The summed E-state index contributed by atoms with van der Waals surface area (Å²) in [4.78, 5) is 38.3. The highest BCUT2D eigenvalue weighted by Crippen LogP contribution is 2.31. The van der Waals surface area contributed by atoms with Crippen LogP contribution in [0.15, 0.2) is 18.3 Å². The number of hydrogen-bond donors (Lipinski definition) is 3. The van der Waals surface area contributed by atoms with E-state index < -0.39 is 42.5 Å². The van der Waals surface area contributed by atoms with E-state index in [0.29, 0.717) is 12.2 Å². The summed E-state index contributed by atoms with van der Waals surface area (Å²) in [6.45, 7) is 0.958. The van der Waals surface area contributed by atoms with Crippen molar-refractivity contribution in [2.45, 2.75) is 31.9 Å². The van der Waals surface area contributed by atoms with Crippen LogP contribution >= 0.6 is 0 Å². The summed E-state index contributed by atoms with van der Waals surface area (Å²) >= 11 is 0. The molecule has 0 saturated carbocycles. The summed E-state index contributed by atoms with van der Waals surface area (Å²) in [6.07, 6.45) is -3.94. The molecule has 2 saturated heterocycles. The molecule has 38 heavy (non-hydrogen) atoms. The second-order valence-corrected chi connectivity index (χ2v) is 8.69. The number of carbonyl (C=O) groups excluding carboxylic acids is 3. The zero-order valence-electron chi connectivity index (χ0n) is 20.1. The molecule has 206 valence electrons. The molecule has 0 bridgehead atoms. The van der Waals surface area contributed by atoms with E-state index in [0.717, 1.165) is 17.0 Å². The number of hydrogen-bond acceptors (Lipinski definition) is 9. The fourth-order valence-corrected chi connectivity index (χ4v) is 4.18. The number of ether oxygens (including phenoxy) is 1. The van der Waals surface area contributed by atoms with E-state index in [2.05, 4.69) is 26.2 Å². The Kier molecular flexibility index (Phi) is 8.73. The van der Waals surface area contributed by atoms with Crippen molar-refractivity contribution in [2.75, 3.05) is 49.1 Å². The van der Waals surface area contributed by atoms with Gasteiger partial charge in [0.15, 0.2) is 17.4 Å². The zero-order valence-corrected chi connectivity index (χ0v) is 20.1. The summed E-state index contributed by atoms with van der Waals surface area (Å²) in [6, 6.07) is 1.98. The minimum atomic E-state index is -3.11. The molecule has 2 fully saturated rings. The molecule has 0 radical (unpaired) electrons. The van der Waals surface area contributed by atoms with E-state index in [9.17, 15) is 23.2 Å². The number of hydrazine groups is 1. The van der Waals surface area contributed by atoms with Crippen LogP contribution in [0.25, 0.3) is 0 Å². The van der Waals surface area contributed by atoms with Crippen molar-refractivity contribution < 1.29 is 36.7 Å². The molecule has 4 rings (SSSR count). The Balaban J connectivity index is 1.34. The van der Waals surface area contributed by atoms with Crippen LogP contribution < -0.4 is 20.5 Å². The number of rotatable bonds is 10. The van der Waals surface area contributed by atoms with Crippen molar-refractivity contribution in [1.82, 2.24) is 31.2 Å².